The molecule has 0 aliphatic rings. The van der Waals surface area contributed by atoms with Crippen LogP contribution in [0, 0.1) is 11.8 Å². The van der Waals surface area contributed by atoms with E-state index in [1.807, 2.05) is 52.0 Å². The molecule has 0 spiro atoms. The molecule has 4 aromatic rings. The number of rotatable bonds is 23. The summed E-state index contributed by atoms with van der Waals surface area (Å²) in [6.45, 7) is 7.87. The van der Waals surface area contributed by atoms with E-state index >= 15 is 0 Å². The van der Waals surface area contributed by atoms with Crippen molar-refractivity contribution in [2.45, 2.75) is 77.5 Å². The lowest BCUT2D eigenvalue weighted by Crippen LogP contribution is -2.49. The van der Waals surface area contributed by atoms with Gasteiger partial charge in [0.05, 0.1) is 31.7 Å². The van der Waals surface area contributed by atoms with Crippen LogP contribution in [0.2, 0.25) is 0 Å². The lowest BCUT2D eigenvalue weighted by molar-refractivity contribution is -0.145. The number of carboxylic acid groups (broad SMARTS) is 2. The fourth-order valence-electron chi connectivity index (χ4n) is 6.43. The van der Waals surface area contributed by atoms with Crippen molar-refractivity contribution in [3.63, 3.8) is 0 Å². The van der Waals surface area contributed by atoms with E-state index < -0.39 is 65.9 Å². The molecule has 4 atom stereocenters. The zero-order valence-corrected chi connectivity index (χ0v) is 33.9. The van der Waals surface area contributed by atoms with Crippen molar-refractivity contribution in [2.75, 3.05) is 19.6 Å². The van der Waals surface area contributed by atoms with E-state index in [-0.39, 0.29) is 79.1 Å². The second-order valence-electron chi connectivity index (χ2n) is 14.7. The molecule has 20 nitrogen and oxygen atoms in total. The summed E-state index contributed by atoms with van der Waals surface area (Å²) in [5.74, 6) is -6.24. The summed E-state index contributed by atoms with van der Waals surface area (Å²) in [6, 6.07) is 3.73. The molecule has 0 saturated carbocycles. The highest BCUT2D eigenvalue weighted by atomic mass is 35.5. The Labute approximate surface area is 345 Å². The molecular formula is C38H52ClN11O9. The Bertz CT molecular complexity index is 2090. The number of halogens is 1. The lowest BCUT2D eigenvalue weighted by Gasteiger charge is -2.22. The van der Waals surface area contributed by atoms with Crippen molar-refractivity contribution in [2.24, 2.45) is 17.6 Å². The number of aliphatic carboxylic acids is 2. The van der Waals surface area contributed by atoms with Gasteiger partial charge < -0.3 is 57.5 Å². The van der Waals surface area contributed by atoms with Gasteiger partial charge in [0.1, 0.15) is 17.4 Å². The largest absolute Gasteiger partial charge is 0.481 e. The number of fused-ring (bicyclic) bond motifs is 1. The van der Waals surface area contributed by atoms with Crippen LogP contribution in [-0.2, 0) is 20.8 Å². The van der Waals surface area contributed by atoms with E-state index in [1.165, 1.54) is 6.33 Å². The molecule has 0 unspecified atom stereocenters. The Morgan fingerprint density at radius 3 is 1.81 bits per heavy atom. The highest BCUT2D eigenvalue weighted by Gasteiger charge is 2.30. The van der Waals surface area contributed by atoms with Crippen molar-refractivity contribution in [3.8, 4) is 0 Å². The number of benzene rings is 1. The van der Waals surface area contributed by atoms with Crippen LogP contribution in [0.5, 0.6) is 0 Å². The van der Waals surface area contributed by atoms with Gasteiger partial charge in [0.2, 0.25) is 0 Å². The minimum Gasteiger partial charge on any atom is -0.481 e. The average Bonchev–Trinajstić information content (AvgIpc) is 3.94. The first kappa shape index (κ1) is 47.3. The quantitative estimate of drug-likeness (QED) is 0.0500. The van der Waals surface area contributed by atoms with Crippen LogP contribution in [0.3, 0.4) is 0 Å². The number of carbonyl (C=O) groups excluding carboxylic acids is 5. The van der Waals surface area contributed by atoms with Crippen molar-refractivity contribution < 1.29 is 43.8 Å². The number of aromatic amines is 3. The first-order valence-corrected chi connectivity index (χ1v) is 18.8. The summed E-state index contributed by atoms with van der Waals surface area (Å²) in [7, 11) is 0. The van der Waals surface area contributed by atoms with Crippen LogP contribution in [0.15, 0.2) is 43.1 Å². The molecule has 12 N–H and O–H groups in total. The minimum absolute atomic E-state index is 0. The molecule has 21 heteroatoms. The molecule has 3 aromatic heterocycles. The molecule has 4 amide bonds. The van der Waals surface area contributed by atoms with Gasteiger partial charge in [-0.15, -0.1) is 12.4 Å². The average molecular weight is 842 g/mol. The Kier molecular flexibility index (Phi) is 17.7. The number of carboxylic acids is 2. The van der Waals surface area contributed by atoms with Gasteiger partial charge in [-0.25, -0.2) is 14.8 Å². The highest BCUT2D eigenvalue weighted by molar-refractivity contribution is 6.07. The van der Waals surface area contributed by atoms with E-state index in [9.17, 15) is 38.7 Å². The second kappa shape index (κ2) is 22.1. The molecule has 0 aliphatic carbocycles. The minimum atomic E-state index is -1.76. The Hall–Kier alpha value is -6.12. The first-order valence-electron chi connectivity index (χ1n) is 18.8. The van der Waals surface area contributed by atoms with Crippen LogP contribution in [0.1, 0.15) is 94.5 Å². The molecule has 0 aliphatic heterocycles. The molecule has 0 saturated heterocycles. The lowest BCUT2D eigenvalue weighted by atomic mass is 10.0. The summed E-state index contributed by atoms with van der Waals surface area (Å²) in [6.07, 6.45) is 4.30. The zero-order chi connectivity index (χ0) is 42.5. The highest BCUT2D eigenvalue weighted by Crippen LogP contribution is 2.20. The molecule has 59 heavy (non-hydrogen) atoms. The Morgan fingerprint density at radius 2 is 1.27 bits per heavy atom. The molecule has 320 valence electrons. The van der Waals surface area contributed by atoms with Gasteiger partial charge in [0, 0.05) is 48.7 Å². The summed E-state index contributed by atoms with van der Waals surface area (Å²) in [5.41, 5.74) is 6.46. The van der Waals surface area contributed by atoms with Crippen LogP contribution < -0.4 is 32.3 Å². The molecule has 3 heterocycles. The number of carbonyl (C=O) groups is 7. The third kappa shape index (κ3) is 13.5. The van der Waals surface area contributed by atoms with Crippen LogP contribution in [0.4, 0.5) is 0 Å². The summed E-state index contributed by atoms with van der Waals surface area (Å²) >= 11 is 0. The topological polar surface area (TPSA) is 319 Å². The van der Waals surface area contributed by atoms with Gasteiger partial charge in [0.15, 0.2) is 17.2 Å². The van der Waals surface area contributed by atoms with Gasteiger partial charge >= 0.3 is 11.9 Å². The molecule has 0 bridgehead atoms. The number of imidazole rings is 2. The number of ketones is 1. The summed E-state index contributed by atoms with van der Waals surface area (Å²) in [4.78, 5) is 106. The van der Waals surface area contributed by atoms with Gasteiger partial charge in [-0.05, 0) is 36.3 Å². The van der Waals surface area contributed by atoms with Gasteiger partial charge in [-0.1, -0.05) is 45.9 Å². The van der Waals surface area contributed by atoms with E-state index in [0.29, 0.717) is 12.8 Å². The third-order valence-corrected chi connectivity index (χ3v) is 9.09. The van der Waals surface area contributed by atoms with E-state index in [4.69, 9.17) is 10.8 Å². The smallest absolute Gasteiger partial charge is 0.326 e. The number of amides is 4. The number of nitrogens with two attached hydrogens (primary N) is 1. The fourth-order valence-corrected chi connectivity index (χ4v) is 6.43. The second-order valence-corrected chi connectivity index (χ2v) is 14.7. The van der Waals surface area contributed by atoms with E-state index in [2.05, 4.69) is 51.5 Å². The number of nitrogens with zero attached hydrogens (tertiary/aromatic N) is 2. The van der Waals surface area contributed by atoms with Gasteiger partial charge in [-0.3, -0.25) is 28.8 Å². The van der Waals surface area contributed by atoms with E-state index in [1.54, 1.807) is 6.20 Å². The molecule has 4 rings (SSSR count). The molecule has 1 aromatic carbocycles. The fraction of sp³-hybridized carbons (Fsp3) is 0.447. The number of hydrogen-bond acceptors (Lipinski definition) is 11. The summed E-state index contributed by atoms with van der Waals surface area (Å²) < 4.78 is 0. The zero-order valence-electron chi connectivity index (χ0n) is 33.1. The van der Waals surface area contributed by atoms with Crippen LogP contribution in [0.25, 0.3) is 10.9 Å². The van der Waals surface area contributed by atoms with Gasteiger partial charge in [-0.2, -0.15) is 0 Å². The number of para-hydroxylation sites is 1. The van der Waals surface area contributed by atoms with Crippen LogP contribution in [-0.4, -0.2) is 120 Å². The summed E-state index contributed by atoms with van der Waals surface area (Å²) in [5, 5.41) is 32.7. The predicted molar refractivity (Wildman–Crippen MR) is 217 cm³/mol. The van der Waals surface area contributed by atoms with Crippen molar-refractivity contribution in [1.29, 1.82) is 0 Å². The van der Waals surface area contributed by atoms with Gasteiger partial charge in [0.25, 0.3) is 23.6 Å². The first-order chi connectivity index (χ1) is 27.6. The Balaban J connectivity index is 0.00000930. The normalized spacial score (nSPS) is 13.2. The number of aromatic nitrogens is 5. The number of nitrogens with one attached hydrogen (secondary N) is 8. The van der Waals surface area contributed by atoms with Crippen molar-refractivity contribution >= 4 is 64.7 Å². The SMILES string of the molecule is CC(C)C[C@@H](CNCC(=O)[C@H](Cc1c[nH]c2ccccc12)NC(=O)c1[nH]cnc1C(=O)N[C@H](CN)CC(C)C)NC(=O)c1nc[nH]c1C(=O)N[C@@H](CC(=O)O)C(=O)O.Cl. The standard InChI is InChI=1S/C38H51N11O9.ClH/c1-19(2)9-22(13-39)46-34(53)30-32(44-17-42-30)36(55)48-26(11-21-14-41-25-8-6-5-7-24(21)25)28(50)16-40-15-23(10-20(3)4)47-35(54)31-33(45-18-43-31)37(56)49-27(38(57)58)12-29(51)52;/h5-8,14,17-20,22-23,26-27,40-41H,9-13,15-16,39H2,1-4H3,(H,42,44)(H,43,45)(H,46,53)(H,47,54)(H,48,55)(H,49,56)(H,51,52)(H,57,58);1H/t22-,23-,26-,27-;/m0./s1. The molecular weight excluding hydrogens is 790 g/mol. The van der Waals surface area contributed by atoms with Crippen LogP contribution >= 0.6 is 12.4 Å². The monoisotopic (exact) mass is 841 g/mol. The number of hydrogen-bond donors (Lipinski definition) is 11. The number of H-pyrrole nitrogens is 3. The maximum atomic E-state index is 13.9. The van der Waals surface area contributed by atoms with Crippen molar-refractivity contribution in [1.82, 2.24) is 51.5 Å². The molecule has 0 fully saturated rings. The maximum absolute atomic E-state index is 13.9. The maximum Gasteiger partial charge on any atom is 0.326 e. The van der Waals surface area contributed by atoms with Crippen molar-refractivity contribution in [3.05, 3.63) is 71.5 Å². The third-order valence-electron chi connectivity index (χ3n) is 9.09. The predicted octanol–water partition coefficient (Wildman–Crippen LogP) is 1.14. The Morgan fingerprint density at radius 1 is 0.729 bits per heavy atom. The molecule has 0 radical (unpaired) electrons. The number of Topliss-reactive ketones (excluding diaryl/α,β-unsaturated/α-hetero) is 1. The van der Waals surface area contributed by atoms with E-state index in [0.717, 1.165) is 22.8 Å².